The van der Waals surface area contributed by atoms with Gasteiger partial charge >= 0.3 is 0 Å². The van der Waals surface area contributed by atoms with Crippen LogP contribution in [-0.2, 0) is 14.2 Å². The standard InChI is InChI=1S/C23H35FN4O3/c1-2-25-23(28-11-15-31-22(17-28)21-4-3-12-30-21)26-16-20(27-9-13-29-14-10-27)18-5-7-19(24)8-6-18/h5-8,20-22H,2-4,9-17H2,1H3,(H,25,26). The maximum Gasteiger partial charge on any atom is 0.194 e. The van der Waals surface area contributed by atoms with Crippen molar-refractivity contribution in [2.24, 2.45) is 4.99 Å². The molecule has 172 valence electrons. The van der Waals surface area contributed by atoms with Gasteiger partial charge in [0.2, 0.25) is 0 Å². The molecule has 3 heterocycles. The van der Waals surface area contributed by atoms with E-state index in [1.807, 2.05) is 12.1 Å². The summed E-state index contributed by atoms with van der Waals surface area (Å²) in [7, 11) is 0. The van der Waals surface area contributed by atoms with Crippen LogP contribution in [0.1, 0.15) is 31.4 Å². The molecule has 3 saturated heterocycles. The van der Waals surface area contributed by atoms with Crippen LogP contribution in [0.25, 0.3) is 0 Å². The van der Waals surface area contributed by atoms with Crippen molar-refractivity contribution >= 4 is 5.96 Å². The van der Waals surface area contributed by atoms with Crippen molar-refractivity contribution in [2.75, 3.05) is 65.7 Å². The number of aliphatic imine (C=N–C) groups is 1. The van der Waals surface area contributed by atoms with E-state index in [0.29, 0.717) is 26.4 Å². The second-order valence-corrected chi connectivity index (χ2v) is 8.32. The second kappa shape index (κ2) is 11.2. The Morgan fingerprint density at radius 3 is 2.58 bits per heavy atom. The molecule has 0 aliphatic carbocycles. The molecular weight excluding hydrogens is 399 g/mol. The summed E-state index contributed by atoms with van der Waals surface area (Å²) >= 11 is 0. The van der Waals surface area contributed by atoms with Crippen molar-refractivity contribution in [3.05, 3.63) is 35.6 Å². The maximum atomic E-state index is 13.5. The highest BCUT2D eigenvalue weighted by Crippen LogP contribution is 2.24. The Labute approximate surface area is 184 Å². The first-order valence-electron chi connectivity index (χ1n) is 11.6. The Morgan fingerprint density at radius 1 is 1.10 bits per heavy atom. The van der Waals surface area contributed by atoms with Gasteiger partial charge in [-0.05, 0) is 37.5 Å². The number of morpholine rings is 2. The molecule has 0 bridgehead atoms. The Hall–Kier alpha value is -1.74. The van der Waals surface area contributed by atoms with Crippen LogP contribution in [-0.4, -0.2) is 93.7 Å². The zero-order valence-corrected chi connectivity index (χ0v) is 18.5. The number of benzene rings is 1. The molecule has 0 radical (unpaired) electrons. The smallest absolute Gasteiger partial charge is 0.194 e. The highest BCUT2D eigenvalue weighted by Gasteiger charge is 2.32. The van der Waals surface area contributed by atoms with E-state index in [1.165, 1.54) is 12.1 Å². The molecule has 4 rings (SSSR count). The zero-order valence-electron chi connectivity index (χ0n) is 18.5. The molecule has 3 unspecified atom stereocenters. The van der Waals surface area contributed by atoms with E-state index in [0.717, 1.165) is 63.7 Å². The summed E-state index contributed by atoms with van der Waals surface area (Å²) in [5, 5.41) is 3.46. The van der Waals surface area contributed by atoms with Crippen molar-refractivity contribution in [3.63, 3.8) is 0 Å². The van der Waals surface area contributed by atoms with E-state index in [-0.39, 0.29) is 24.1 Å². The van der Waals surface area contributed by atoms with E-state index < -0.39 is 0 Å². The molecule has 3 aliphatic heterocycles. The third-order valence-corrected chi connectivity index (χ3v) is 6.26. The number of rotatable bonds is 6. The predicted octanol–water partition coefficient (Wildman–Crippen LogP) is 2.04. The number of guanidine groups is 1. The number of hydrogen-bond donors (Lipinski definition) is 1. The lowest BCUT2D eigenvalue weighted by Crippen LogP contribution is -2.53. The van der Waals surface area contributed by atoms with Crippen molar-refractivity contribution in [1.29, 1.82) is 0 Å². The Kier molecular flexibility index (Phi) is 8.13. The van der Waals surface area contributed by atoms with Gasteiger partial charge in [0.25, 0.3) is 0 Å². The molecule has 7 nitrogen and oxygen atoms in total. The van der Waals surface area contributed by atoms with Crippen LogP contribution < -0.4 is 5.32 Å². The fourth-order valence-electron chi connectivity index (χ4n) is 4.59. The summed E-state index contributed by atoms with van der Waals surface area (Å²) in [5.74, 6) is 0.698. The maximum absolute atomic E-state index is 13.5. The highest BCUT2D eigenvalue weighted by molar-refractivity contribution is 5.80. The first-order valence-corrected chi connectivity index (χ1v) is 11.6. The van der Waals surface area contributed by atoms with Gasteiger partial charge in [-0.1, -0.05) is 12.1 Å². The molecule has 0 amide bonds. The van der Waals surface area contributed by atoms with Gasteiger partial charge < -0.3 is 24.4 Å². The van der Waals surface area contributed by atoms with Crippen LogP contribution >= 0.6 is 0 Å². The van der Waals surface area contributed by atoms with Crippen LogP contribution in [0.15, 0.2) is 29.3 Å². The van der Waals surface area contributed by atoms with Crippen LogP contribution in [0.4, 0.5) is 4.39 Å². The average molecular weight is 435 g/mol. The Morgan fingerprint density at radius 2 is 1.87 bits per heavy atom. The Balaban J connectivity index is 1.49. The normalized spacial score (nSPS) is 26.8. The van der Waals surface area contributed by atoms with Gasteiger partial charge in [0.05, 0.1) is 38.5 Å². The van der Waals surface area contributed by atoms with Crippen LogP contribution in [0.3, 0.4) is 0 Å². The third-order valence-electron chi connectivity index (χ3n) is 6.26. The lowest BCUT2D eigenvalue weighted by Gasteiger charge is -2.38. The fraction of sp³-hybridized carbons (Fsp3) is 0.696. The molecule has 0 saturated carbocycles. The van der Waals surface area contributed by atoms with E-state index in [2.05, 4.69) is 22.0 Å². The van der Waals surface area contributed by atoms with Crippen LogP contribution in [0, 0.1) is 5.82 Å². The molecule has 0 spiro atoms. The highest BCUT2D eigenvalue weighted by atomic mass is 19.1. The zero-order chi connectivity index (χ0) is 21.5. The summed E-state index contributed by atoms with van der Waals surface area (Å²) in [6, 6.07) is 6.91. The number of nitrogens with zero attached hydrogens (tertiary/aromatic N) is 3. The summed E-state index contributed by atoms with van der Waals surface area (Å²) in [6.45, 7) is 9.75. The largest absolute Gasteiger partial charge is 0.379 e. The molecule has 8 heteroatoms. The van der Waals surface area contributed by atoms with Gasteiger partial charge in [0, 0.05) is 39.3 Å². The first-order chi connectivity index (χ1) is 15.2. The molecule has 31 heavy (non-hydrogen) atoms. The van der Waals surface area contributed by atoms with Crippen LogP contribution in [0.2, 0.25) is 0 Å². The van der Waals surface area contributed by atoms with Gasteiger partial charge in [-0.2, -0.15) is 0 Å². The van der Waals surface area contributed by atoms with Crippen molar-refractivity contribution in [1.82, 2.24) is 15.1 Å². The van der Waals surface area contributed by atoms with E-state index >= 15 is 0 Å². The van der Waals surface area contributed by atoms with E-state index in [4.69, 9.17) is 19.2 Å². The number of nitrogens with one attached hydrogen (secondary N) is 1. The van der Waals surface area contributed by atoms with Crippen molar-refractivity contribution in [2.45, 2.75) is 38.0 Å². The van der Waals surface area contributed by atoms with Gasteiger partial charge in [-0.3, -0.25) is 9.89 Å². The molecule has 1 aromatic carbocycles. The lowest BCUT2D eigenvalue weighted by molar-refractivity contribution is -0.0817. The monoisotopic (exact) mass is 434 g/mol. The van der Waals surface area contributed by atoms with Gasteiger partial charge in [0.15, 0.2) is 5.96 Å². The van der Waals surface area contributed by atoms with Crippen LogP contribution in [0.5, 0.6) is 0 Å². The van der Waals surface area contributed by atoms with E-state index in [1.54, 1.807) is 0 Å². The van der Waals surface area contributed by atoms with Gasteiger partial charge in [-0.15, -0.1) is 0 Å². The topological polar surface area (TPSA) is 58.6 Å². The average Bonchev–Trinajstić information content (AvgIpc) is 3.36. The number of ether oxygens (including phenoxy) is 3. The van der Waals surface area contributed by atoms with E-state index in [9.17, 15) is 4.39 Å². The molecule has 1 aromatic rings. The molecular formula is C23H35FN4O3. The van der Waals surface area contributed by atoms with Crippen molar-refractivity contribution in [3.8, 4) is 0 Å². The van der Waals surface area contributed by atoms with Crippen molar-refractivity contribution < 1.29 is 18.6 Å². The quantitative estimate of drug-likeness (QED) is 0.546. The lowest BCUT2D eigenvalue weighted by atomic mass is 10.0. The van der Waals surface area contributed by atoms with Gasteiger partial charge in [0.1, 0.15) is 11.9 Å². The summed E-state index contributed by atoms with van der Waals surface area (Å²) in [6.07, 6.45) is 2.45. The van der Waals surface area contributed by atoms with Gasteiger partial charge in [-0.25, -0.2) is 4.39 Å². The third kappa shape index (κ3) is 5.94. The molecule has 3 fully saturated rings. The first kappa shape index (κ1) is 22.5. The summed E-state index contributed by atoms with van der Waals surface area (Å²) < 4.78 is 30.9. The number of hydrogen-bond acceptors (Lipinski definition) is 5. The predicted molar refractivity (Wildman–Crippen MR) is 118 cm³/mol. The SMILES string of the molecule is CCNC(=NCC(c1ccc(F)cc1)N1CCOCC1)N1CCOC(C2CCCO2)C1. The second-order valence-electron chi connectivity index (χ2n) is 8.32. The number of halogens is 1. The fourth-order valence-corrected chi connectivity index (χ4v) is 4.59. The minimum absolute atomic E-state index is 0.0900. The minimum atomic E-state index is -0.213. The summed E-state index contributed by atoms with van der Waals surface area (Å²) in [5.41, 5.74) is 1.09. The molecule has 3 aliphatic rings. The molecule has 1 N–H and O–H groups in total. The summed E-state index contributed by atoms with van der Waals surface area (Å²) in [4.78, 5) is 9.71. The molecule has 0 aromatic heterocycles. The Bertz CT molecular complexity index is 705. The minimum Gasteiger partial charge on any atom is -0.379 e. The molecule has 3 atom stereocenters.